The van der Waals surface area contributed by atoms with Crippen LogP contribution in [-0.4, -0.2) is 25.0 Å². The van der Waals surface area contributed by atoms with E-state index < -0.39 is 24.2 Å². The van der Waals surface area contributed by atoms with Gasteiger partial charge in [0.25, 0.3) is 0 Å². The van der Waals surface area contributed by atoms with E-state index in [9.17, 15) is 14.0 Å². The minimum Gasteiger partial charge on any atom is -0.481 e. The summed E-state index contributed by atoms with van der Waals surface area (Å²) in [6, 6.07) is 16.2. The Labute approximate surface area is 154 Å². The SMILES string of the molecule is O=C(COc1ccc(Cl)c2ccccc12)OCC(=O)c1ccccc1F. The summed E-state index contributed by atoms with van der Waals surface area (Å²) in [5.74, 6) is -1.53. The Hall–Kier alpha value is -2.92. The summed E-state index contributed by atoms with van der Waals surface area (Å²) in [5.41, 5.74) is -0.120. The van der Waals surface area contributed by atoms with Gasteiger partial charge < -0.3 is 9.47 Å². The van der Waals surface area contributed by atoms with Crippen LogP contribution in [0.3, 0.4) is 0 Å². The van der Waals surface area contributed by atoms with Crippen LogP contribution >= 0.6 is 11.6 Å². The summed E-state index contributed by atoms with van der Waals surface area (Å²) in [6.45, 7) is -0.930. The third-order valence-corrected chi connectivity index (χ3v) is 4.04. The van der Waals surface area contributed by atoms with Gasteiger partial charge in [0.05, 0.1) is 5.56 Å². The zero-order valence-electron chi connectivity index (χ0n) is 13.6. The second-order valence-electron chi connectivity index (χ2n) is 5.44. The van der Waals surface area contributed by atoms with Crippen molar-refractivity contribution in [3.8, 4) is 5.75 Å². The summed E-state index contributed by atoms with van der Waals surface area (Å²) in [7, 11) is 0. The number of benzene rings is 3. The van der Waals surface area contributed by atoms with Crippen molar-refractivity contribution in [2.24, 2.45) is 0 Å². The van der Waals surface area contributed by atoms with Crippen LogP contribution in [0.1, 0.15) is 10.4 Å². The van der Waals surface area contributed by atoms with Crippen molar-refractivity contribution in [1.82, 2.24) is 0 Å². The molecule has 0 amide bonds. The number of carbonyl (C=O) groups excluding carboxylic acids is 2. The predicted octanol–water partition coefficient (Wildman–Crippen LogP) is 4.44. The standard InChI is InChI=1S/C20H14ClFO4/c21-16-9-10-19(14-6-2-1-5-13(14)16)25-12-20(24)26-11-18(23)15-7-3-4-8-17(15)22/h1-10H,11-12H2. The maximum atomic E-state index is 13.5. The largest absolute Gasteiger partial charge is 0.481 e. The van der Waals surface area contributed by atoms with E-state index in [2.05, 4.69) is 0 Å². The minimum absolute atomic E-state index is 0.120. The van der Waals surface area contributed by atoms with Gasteiger partial charge in [-0.05, 0) is 24.3 Å². The molecule has 26 heavy (non-hydrogen) atoms. The van der Waals surface area contributed by atoms with E-state index in [0.717, 1.165) is 10.8 Å². The van der Waals surface area contributed by atoms with E-state index in [1.807, 2.05) is 24.3 Å². The lowest BCUT2D eigenvalue weighted by molar-refractivity contribution is -0.144. The molecule has 3 rings (SSSR count). The fourth-order valence-electron chi connectivity index (χ4n) is 2.45. The summed E-state index contributed by atoms with van der Waals surface area (Å²) >= 11 is 6.13. The van der Waals surface area contributed by atoms with E-state index in [1.54, 1.807) is 12.1 Å². The van der Waals surface area contributed by atoms with Crippen molar-refractivity contribution in [2.75, 3.05) is 13.2 Å². The van der Waals surface area contributed by atoms with Crippen LogP contribution < -0.4 is 4.74 Å². The molecule has 3 aromatic rings. The molecule has 132 valence electrons. The number of ketones is 1. The highest BCUT2D eigenvalue weighted by Gasteiger charge is 2.14. The first kappa shape index (κ1) is 17.9. The van der Waals surface area contributed by atoms with Gasteiger partial charge in [0.2, 0.25) is 5.78 Å². The van der Waals surface area contributed by atoms with Gasteiger partial charge in [0.15, 0.2) is 13.2 Å². The monoisotopic (exact) mass is 372 g/mol. The summed E-state index contributed by atoms with van der Waals surface area (Å²) in [4.78, 5) is 23.7. The highest BCUT2D eigenvalue weighted by atomic mass is 35.5. The fourth-order valence-corrected chi connectivity index (χ4v) is 2.68. The smallest absolute Gasteiger partial charge is 0.344 e. The van der Waals surface area contributed by atoms with Crippen LogP contribution in [0.2, 0.25) is 5.02 Å². The molecular formula is C20H14ClFO4. The number of hydrogen-bond donors (Lipinski definition) is 0. The molecule has 0 aliphatic rings. The summed E-state index contributed by atoms with van der Waals surface area (Å²) < 4.78 is 23.9. The first-order valence-electron chi connectivity index (χ1n) is 7.79. The lowest BCUT2D eigenvalue weighted by Crippen LogP contribution is -2.20. The average Bonchev–Trinajstić information content (AvgIpc) is 2.66. The second-order valence-corrected chi connectivity index (χ2v) is 5.85. The molecule has 4 nitrogen and oxygen atoms in total. The number of halogens is 2. The molecule has 6 heteroatoms. The van der Waals surface area contributed by atoms with Gasteiger partial charge >= 0.3 is 5.97 Å². The van der Waals surface area contributed by atoms with Crippen molar-refractivity contribution in [1.29, 1.82) is 0 Å². The molecule has 0 spiro atoms. The van der Waals surface area contributed by atoms with Gasteiger partial charge in [-0.1, -0.05) is 48.0 Å². The van der Waals surface area contributed by atoms with Crippen molar-refractivity contribution in [2.45, 2.75) is 0 Å². The maximum Gasteiger partial charge on any atom is 0.344 e. The van der Waals surface area contributed by atoms with E-state index >= 15 is 0 Å². The Kier molecular flexibility index (Phi) is 5.49. The third kappa shape index (κ3) is 4.00. The molecule has 0 saturated heterocycles. The van der Waals surface area contributed by atoms with Crippen LogP contribution in [0.25, 0.3) is 10.8 Å². The molecule has 0 aromatic heterocycles. The van der Waals surface area contributed by atoms with E-state index in [0.29, 0.717) is 10.8 Å². The minimum atomic E-state index is -0.728. The zero-order valence-corrected chi connectivity index (χ0v) is 14.3. The van der Waals surface area contributed by atoms with Crippen molar-refractivity contribution in [3.63, 3.8) is 0 Å². The van der Waals surface area contributed by atoms with Crippen LogP contribution in [0.4, 0.5) is 4.39 Å². The Morgan fingerprint density at radius 2 is 1.58 bits per heavy atom. The lowest BCUT2D eigenvalue weighted by atomic mass is 10.1. The average molecular weight is 373 g/mol. The number of fused-ring (bicyclic) bond motifs is 1. The Morgan fingerprint density at radius 1 is 0.885 bits per heavy atom. The van der Waals surface area contributed by atoms with Crippen molar-refractivity contribution < 1.29 is 23.5 Å². The number of ether oxygens (including phenoxy) is 2. The lowest BCUT2D eigenvalue weighted by Gasteiger charge is -2.10. The molecule has 0 fully saturated rings. The fraction of sp³-hybridized carbons (Fsp3) is 0.100. The number of Topliss-reactive ketones (excluding diaryl/α,β-unsaturated/α-hetero) is 1. The Bertz CT molecular complexity index is 971. The van der Waals surface area contributed by atoms with Crippen LogP contribution in [0, 0.1) is 5.82 Å². The van der Waals surface area contributed by atoms with E-state index in [4.69, 9.17) is 21.1 Å². The Morgan fingerprint density at radius 3 is 2.35 bits per heavy atom. The highest BCUT2D eigenvalue weighted by Crippen LogP contribution is 2.31. The first-order chi connectivity index (χ1) is 12.6. The Balaban J connectivity index is 1.59. The number of rotatable bonds is 6. The quantitative estimate of drug-likeness (QED) is 0.474. The first-order valence-corrected chi connectivity index (χ1v) is 8.17. The van der Waals surface area contributed by atoms with Gasteiger partial charge in [0.1, 0.15) is 11.6 Å². The van der Waals surface area contributed by atoms with Gasteiger partial charge in [-0.2, -0.15) is 0 Å². The molecule has 0 unspecified atom stereocenters. The van der Waals surface area contributed by atoms with E-state index in [1.165, 1.54) is 24.3 Å². The molecule has 0 saturated carbocycles. The van der Waals surface area contributed by atoms with Crippen molar-refractivity contribution >= 4 is 34.1 Å². The van der Waals surface area contributed by atoms with Gasteiger partial charge in [-0.25, -0.2) is 9.18 Å². The van der Waals surface area contributed by atoms with Gasteiger partial charge in [-0.15, -0.1) is 0 Å². The molecule has 0 aliphatic carbocycles. The highest BCUT2D eigenvalue weighted by molar-refractivity contribution is 6.35. The molecule has 0 bridgehead atoms. The maximum absolute atomic E-state index is 13.5. The molecule has 0 N–H and O–H groups in total. The summed E-state index contributed by atoms with van der Waals surface area (Å²) in [6.07, 6.45) is 0. The number of hydrogen-bond acceptors (Lipinski definition) is 4. The van der Waals surface area contributed by atoms with E-state index in [-0.39, 0.29) is 12.2 Å². The third-order valence-electron chi connectivity index (χ3n) is 3.71. The summed E-state index contributed by atoms with van der Waals surface area (Å²) in [5, 5.41) is 2.14. The molecule has 0 atom stereocenters. The predicted molar refractivity (Wildman–Crippen MR) is 96.1 cm³/mol. The zero-order chi connectivity index (χ0) is 18.5. The number of esters is 1. The molecule has 0 radical (unpaired) electrons. The van der Waals surface area contributed by atoms with Crippen LogP contribution in [0.5, 0.6) is 5.75 Å². The number of carbonyl (C=O) groups is 2. The topological polar surface area (TPSA) is 52.6 Å². The van der Waals surface area contributed by atoms with Gasteiger partial charge in [-0.3, -0.25) is 4.79 Å². The second kappa shape index (κ2) is 7.97. The van der Waals surface area contributed by atoms with Crippen LogP contribution in [-0.2, 0) is 9.53 Å². The van der Waals surface area contributed by atoms with Crippen molar-refractivity contribution in [3.05, 3.63) is 77.1 Å². The molecular weight excluding hydrogens is 359 g/mol. The molecule has 0 heterocycles. The normalized spacial score (nSPS) is 10.5. The van der Waals surface area contributed by atoms with Gasteiger partial charge in [0, 0.05) is 15.8 Å². The molecule has 3 aromatic carbocycles. The van der Waals surface area contributed by atoms with Crippen LogP contribution in [0.15, 0.2) is 60.7 Å². The molecule has 0 aliphatic heterocycles.